The molecule has 1 N–H and O–H groups in total. The van der Waals surface area contributed by atoms with Crippen LogP contribution in [-0.4, -0.2) is 54.6 Å². The van der Waals surface area contributed by atoms with Gasteiger partial charge in [0.05, 0.1) is 6.61 Å². The smallest absolute Gasteiger partial charge is 0.306 e. The van der Waals surface area contributed by atoms with Crippen molar-refractivity contribution in [1.29, 1.82) is 0 Å². The molecule has 0 aliphatic carbocycles. The Hall–Kier alpha value is -0.940. The molecule has 31 heavy (non-hydrogen) atoms. The van der Waals surface area contributed by atoms with Crippen molar-refractivity contribution in [3.05, 3.63) is 0 Å². The number of esters is 1. The molecule has 0 aliphatic rings. The largest absolute Gasteiger partial charge is 0.462 e. The highest BCUT2D eigenvalue weighted by Crippen LogP contribution is 2.15. The van der Waals surface area contributed by atoms with Crippen molar-refractivity contribution in [3.8, 4) is 0 Å². The first-order chi connectivity index (χ1) is 15.2. The minimum Gasteiger partial charge on any atom is -0.462 e. The van der Waals surface area contributed by atoms with Crippen LogP contribution in [0, 0.1) is 0 Å². The molecule has 0 fully saturated rings. The molecule has 0 aromatic carbocycles. The van der Waals surface area contributed by atoms with Crippen LogP contribution in [0.15, 0.2) is 0 Å². The van der Waals surface area contributed by atoms with E-state index in [4.69, 9.17) is 4.74 Å². The number of unbranched alkanes of at least 4 members (excludes halogenated alkanes) is 10. The maximum atomic E-state index is 12.2. The standard InChI is InChI=1S/C26H51NO4/c1-3-5-6-7-8-12-18-25(17-4-2)31-26(30)19-13-11-15-21-27(22-24-29)20-14-9-10-16-23-28/h23,25,29H,3-22,24H2,1-2H3. The number of nitrogens with zero attached hydrogens (tertiary/aromatic N) is 1. The van der Waals surface area contributed by atoms with Gasteiger partial charge in [-0.2, -0.15) is 0 Å². The van der Waals surface area contributed by atoms with Crippen LogP contribution in [0.3, 0.4) is 0 Å². The minimum absolute atomic E-state index is 0.0353. The maximum absolute atomic E-state index is 12.2. The van der Waals surface area contributed by atoms with E-state index in [0.717, 1.165) is 83.6 Å². The number of aldehydes is 1. The summed E-state index contributed by atoms with van der Waals surface area (Å²) >= 11 is 0. The van der Waals surface area contributed by atoms with Crippen LogP contribution in [-0.2, 0) is 14.3 Å². The highest BCUT2D eigenvalue weighted by molar-refractivity contribution is 5.69. The number of aliphatic hydroxyl groups excluding tert-OH is 1. The van der Waals surface area contributed by atoms with Gasteiger partial charge >= 0.3 is 5.97 Å². The first-order valence-electron chi connectivity index (χ1n) is 13.1. The second kappa shape index (κ2) is 23.7. The minimum atomic E-state index is -0.0353. The average Bonchev–Trinajstić information content (AvgIpc) is 2.75. The van der Waals surface area contributed by atoms with Crippen molar-refractivity contribution in [1.82, 2.24) is 4.90 Å². The van der Waals surface area contributed by atoms with E-state index in [9.17, 15) is 14.7 Å². The Balaban J connectivity index is 3.89. The SMILES string of the molecule is CCCCCCCCC(CCC)OC(=O)CCCCCN(CCO)CCCCCC=O. The van der Waals surface area contributed by atoms with Gasteiger partial charge in [-0.15, -0.1) is 0 Å². The van der Waals surface area contributed by atoms with E-state index in [0.29, 0.717) is 19.4 Å². The lowest BCUT2D eigenvalue weighted by Crippen LogP contribution is -2.29. The van der Waals surface area contributed by atoms with Crippen molar-refractivity contribution in [2.45, 2.75) is 129 Å². The first kappa shape index (κ1) is 30.1. The molecule has 0 aromatic heterocycles. The molecule has 0 bridgehead atoms. The zero-order chi connectivity index (χ0) is 23.0. The van der Waals surface area contributed by atoms with Gasteiger partial charge in [-0.05, 0) is 58.0 Å². The van der Waals surface area contributed by atoms with Gasteiger partial charge in [0, 0.05) is 19.4 Å². The number of ether oxygens (including phenoxy) is 1. The Kier molecular flexibility index (Phi) is 23.0. The Morgan fingerprint density at radius 3 is 2.10 bits per heavy atom. The van der Waals surface area contributed by atoms with E-state index < -0.39 is 0 Å². The third kappa shape index (κ3) is 20.7. The molecule has 0 saturated heterocycles. The van der Waals surface area contributed by atoms with Crippen molar-refractivity contribution >= 4 is 12.3 Å². The summed E-state index contributed by atoms with van der Waals surface area (Å²) in [6.07, 6.45) is 18.9. The monoisotopic (exact) mass is 441 g/mol. The molecule has 0 radical (unpaired) electrons. The predicted molar refractivity (Wildman–Crippen MR) is 129 cm³/mol. The van der Waals surface area contributed by atoms with Crippen LogP contribution in [0.1, 0.15) is 123 Å². The molecular weight excluding hydrogens is 390 g/mol. The van der Waals surface area contributed by atoms with Gasteiger partial charge in [0.25, 0.3) is 0 Å². The van der Waals surface area contributed by atoms with Gasteiger partial charge in [-0.1, -0.05) is 65.2 Å². The Morgan fingerprint density at radius 1 is 0.806 bits per heavy atom. The summed E-state index contributed by atoms with van der Waals surface area (Å²) in [5.41, 5.74) is 0. The van der Waals surface area contributed by atoms with E-state index in [1.54, 1.807) is 0 Å². The van der Waals surface area contributed by atoms with E-state index in [1.165, 1.54) is 32.1 Å². The third-order valence-electron chi connectivity index (χ3n) is 5.86. The fourth-order valence-corrected chi connectivity index (χ4v) is 3.98. The van der Waals surface area contributed by atoms with E-state index in [1.807, 2.05) is 0 Å². The molecule has 184 valence electrons. The molecule has 0 amide bonds. The van der Waals surface area contributed by atoms with Crippen LogP contribution in [0.4, 0.5) is 0 Å². The zero-order valence-electron chi connectivity index (χ0n) is 20.6. The fourth-order valence-electron chi connectivity index (χ4n) is 3.98. The second-order valence-corrected chi connectivity index (χ2v) is 8.85. The molecule has 5 nitrogen and oxygen atoms in total. The van der Waals surface area contributed by atoms with Gasteiger partial charge in [-0.25, -0.2) is 0 Å². The Morgan fingerprint density at radius 2 is 1.45 bits per heavy atom. The molecule has 0 rings (SSSR count). The number of aliphatic hydroxyl groups is 1. The van der Waals surface area contributed by atoms with E-state index >= 15 is 0 Å². The summed E-state index contributed by atoms with van der Waals surface area (Å²) in [5.74, 6) is -0.0353. The summed E-state index contributed by atoms with van der Waals surface area (Å²) < 4.78 is 5.76. The molecule has 1 unspecified atom stereocenters. The lowest BCUT2D eigenvalue weighted by molar-refractivity contribution is -0.150. The number of hydrogen-bond acceptors (Lipinski definition) is 5. The lowest BCUT2D eigenvalue weighted by Gasteiger charge is -2.21. The summed E-state index contributed by atoms with van der Waals surface area (Å²) in [6.45, 7) is 7.20. The highest BCUT2D eigenvalue weighted by Gasteiger charge is 2.13. The number of carbonyl (C=O) groups excluding carboxylic acids is 2. The van der Waals surface area contributed by atoms with Gasteiger partial charge in [0.2, 0.25) is 0 Å². The molecule has 0 spiro atoms. The quantitative estimate of drug-likeness (QED) is 0.112. The predicted octanol–water partition coefficient (Wildman–Crippen LogP) is 6.06. The molecule has 0 aliphatic heterocycles. The van der Waals surface area contributed by atoms with Crippen LogP contribution in [0.25, 0.3) is 0 Å². The Labute approximate surface area is 192 Å². The zero-order valence-corrected chi connectivity index (χ0v) is 20.6. The van der Waals surface area contributed by atoms with Crippen LogP contribution in [0.2, 0.25) is 0 Å². The third-order valence-corrected chi connectivity index (χ3v) is 5.86. The van der Waals surface area contributed by atoms with E-state index in [-0.39, 0.29) is 18.7 Å². The summed E-state index contributed by atoms with van der Waals surface area (Å²) in [6, 6.07) is 0. The van der Waals surface area contributed by atoms with Crippen LogP contribution in [0.5, 0.6) is 0 Å². The average molecular weight is 442 g/mol. The molecule has 0 heterocycles. The maximum Gasteiger partial charge on any atom is 0.306 e. The fraction of sp³-hybridized carbons (Fsp3) is 0.923. The van der Waals surface area contributed by atoms with Crippen LogP contribution >= 0.6 is 0 Å². The number of rotatable bonds is 24. The van der Waals surface area contributed by atoms with Crippen LogP contribution < -0.4 is 0 Å². The number of carbonyl (C=O) groups is 2. The topological polar surface area (TPSA) is 66.8 Å². The van der Waals surface area contributed by atoms with Crippen molar-refractivity contribution < 1.29 is 19.4 Å². The van der Waals surface area contributed by atoms with Crippen molar-refractivity contribution in [3.63, 3.8) is 0 Å². The molecule has 0 aromatic rings. The summed E-state index contributed by atoms with van der Waals surface area (Å²) in [4.78, 5) is 24.9. The normalized spacial score (nSPS) is 12.3. The van der Waals surface area contributed by atoms with Gasteiger partial charge < -0.3 is 19.5 Å². The van der Waals surface area contributed by atoms with Crippen molar-refractivity contribution in [2.24, 2.45) is 0 Å². The van der Waals surface area contributed by atoms with Crippen molar-refractivity contribution in [2.75, 3.05) is 26.2 Å². The second-order valence-electron chi connectivity index (χ2n) is 8.85. The number of hydrogen-bond donors (Lipinski definition) is 1. The summed E-state index contributed by atoms with van der Waals surface area (Å²) in [7, 11) is 0. The lowest BCUT2D eigenvalue weighted by atomic mass is 10.0. The molecular formula is C26H51NO4. The van der Waals surface area contributed by atoms with E-state index in [2.05, 4.69) is 18.7 Å². The Bertz CT molecular complexity index is 403. The first-order valence-corrected chi connectivity index (χ1v) is 13.1. The summed E-state index contributed by atoms with van der Waals surface area (Å²) in [5, 5.41) is 9.25. The molecule has 5 heteroatoms. The van der Waals surface area contributed by atoms with Gasteiger partial charge in [0.15, 0.2) is 0 Å². The highest BCUT2D eigenvalue weighted by atomic mass is 16.5. The van der Waals surface area contributed by atoms with Gasteiger partial charge in [0.1, 0.15) is 12.4 Å². The molecule has 1 atom stereocenters. The van der Waals surface area contributed by atoms with Gasteiger partial charge in [-0.3, -0.25) is 4.79 Å². The molecule has 0 saturated carbocycles.